The summed E-state index contributed by atoms with van der Waals surface area (Å²) < 4.78 is 39.8. The molecule has 0 bridgehead atoms. The molecule has 0 aliphatic rings. The van der Waals surface area contributed by atoms with Crippen LogP contribution >= 0.6 is 0 Å². The molecule has 0 atom stereocenters. The van der Waals surface area contributed by atoms with Crippen molar-refractivity contribution in [3.05, 3.63) is 29.6 Å². The number of anilines is 1. The predicted molar refractivity (Wildman–Crippen MR) is 71.2 cm³/mol. The summed E-state index contributed by atoms with van der Waals surface area (Å²) in [6.45, 7) is -0.0593. The third kappa shape index (κ3) is 4.52. The molecule has 0 saturated carbocycles. The average Bonchev–Trinajstić information content (AvgIpc) is 2.32. The van der Waals surface area contributed by atoms with E-state index < -0.39 is 16.0 Å². The van der Waals surface area contributed by atoms with Crippen LogP contribution in [0.3, 0.4) is 0 Å². The Kier molecular flexibility index (Phi) is 5.30. The van der Waals surface area contributed by atoms with Crippen LogP contribution in [0.2, 0.25) is 0 Å². The van der Waals surface area contributed by atoms with Gasteiger partial charge in [-0.3, -0.25) is 4.72 Å². The molecule has 5 nitrogen and oxygen atoms in total. The van der Waals surface area contributed by atoms with Crippen LogP contribution in [0.4, 0.5) is 10.1 Å². The minimum absolute atomic E-state index is 0.0593. The highest BCUT2D eigenvalue weighted by molar-refractivity contribution is 7.90. The normalized spacial score (nSPS) is 11.0. The first kappa shape index (κ1) is 15.4. The molecule has 0 aliphatic carbocycles. The van der Waals surface area contributed by atoms with Crippen LogP contribution in [0.15, 0.2) is 18.2 Å². The number of nitrogens with zero attached hydrogens (tertiary/aromatic N) is 1. The van der Waals surface area contributed by atoms with Crippen LogP contribution < -0.4 is 4.72 Å². The summed E-state index contributed by atoms with van der Waals surface area (Å²) in [5, 5.41) is 8.56. The maximum Gasteiger partial charge on any atom is 0.301 e. The average molecular weight is 286 g/mol. The molecule has 1 aromatic rings. The van der Waals surface area contributed by atoms with Gasteiger partial charge in [-0.15, -0.1) is 0 Å². The summed E-state index contributed by atoms with van der Waals surface area (Å²) in [5.41, 5.74) is 0.278. The molecule has 7 heteroatoms. The minimum Gasteiger partial charge on any atom is -0.395 e. The van der Waals surface area contributed by atoms with Gasteiger partial charge in [0.25, 0.3) is 0 Å². The summed E-state index contributed by atoms with van der Waals surface area (Å²) in [7, 11) is -1.05. The lowest BCUT2D eigenvalue weighted by molar-refractivity contribution is 0.305. The van der Waals surface area contributed by atoms with Crippen molar-refractivity contribution in [2.75, 3.05) is 25.4 Å². The molecule has 0 fully saturated rings. The molecule has 0 amide bonds. The van der Waals surface area contributed by atoms with Crippen LogP contribution in [0.25, 0.3) is 0 Å². The second-order valence-electron chi connectivity index (χ2n) is 3.86. The highest BCUT2D eigenvalue weighted by Crippen LogP contribution is 2.17. The molecule has 1 rings (SSSR count). The van der Waals surface area contributed by atoms with Gasteiger partial charge in [-0.2, -0.15) is 12.7 Å². The Hall–Kier alpha value is -1.62. The zero-order chi connectivity index (χ0) is 14.5. The maximum absolute atomic E-state index is 13.7. The molecule has 2 N–H and O–H groups in total. The minimum atomic E-state index is -3.73. The van der Waals surface area contributed by atoms with E-state index in [0.29, 0.717) is 12.0 Å². The van der Waals surface area contributed by atoms with E-state index in [-0.39, 0.29) is 12.3 Å². The summed E-state index contributed by atoms with van der Waals surface area (Å²) in [6, 6.07) is 3.94. The van der Waals surface area contributed by atoms with Gasteiger partial charge in [0.15, 0.2) is 0 Å². The number of aliphatic hydroxyl groups is 1. The van der Waals surface area contributed by atoms with Gasteiger partial charge in [0.05, 0.1) is 12.3 Å². The molecule has 0 radical (unpaired) electrons. The topological polar surface area (TPSA) is 69.6 Å². The van der Waals surface area contributed by atoms with Crippen molar-refractivity contribution in [1.82, 2.24) is 4.31 Å². The van der Waals surface area contributed by atoms with Gasteiger partial charge in [-0.1, -0.05) is 11.8 Å². The Balaban J connectivity index is 2.94. The van der Waals surface area contributed by atoms with Crippen molar-refractivity contribution in [2.45, 2.75) is 6.42 Å². The van der Waals surface area contributed by atoms with E-state index in [9.17, 15) is 12.8 Å². The number of rotatable bonds is 4. The second-order valence-corrected chi connectivity index (χ2v) is 5.74. The third-order valence-corrected chi connectivity index (χ3v) is 3.60. The smallest absolute Gasteiger partial charge is 0.301 e. The molecule has 0 spiro atoms. The van der Waals surface area contributed by atoms with Gasteiger partial charge in [-0.05, 0) is 18.2 Å². The van der Waals surface area contributed by atoms with Crippen molar-refractivity contribution in [1.29, 1.82) is 0 Å². The Bertz CT molecular complexity index is 603. The molecule has 104 valence electrons. The van der Waals surface area contributed by atoms with Crippen LogP contribution in [0.1, 0.15) is 12.0 Å². The fourth-order valence-electron chi connectivity index (χ4n) is 1.13. The SMILES string of the molecule is CN(C)S(=O)(=O)Nc1ccc(C#CCCO)cc1F. The quantitative estimate of drug-likeness (QED) is 0.804. The first-order valence-corrected chi connectivity index (χ1v) is 6.90. The molecule has 0 saturated heterocycles. The number of hydrogen-bond donors (Lipinski definition) is 2. The third-order valence-electron chi connectivity index (χ3n) is 2.16. The second kappa shape index (κ2) is 6.52. The van der Waals surface area contributed by atoms with Gasteiger partial charge in [-0.25, -0.2) is 4.39 Å². The maximum atomic E-state index is 13.7. The van der Waals surface area contributed by atoms with E-state index in [1.807, 2.05) is 0 Å². The van der Waals surface area contributed by atoms with E-state index in [2.05, 4.69) is 16.6 Å². The fraction of sp³-hybridized carbons (Fsp3) is 0.333. The molecule has 1 aromatic carbocycles. The van der Waals surface area contributed by atoms with Crippen molar-refractivity contribution in [3.63, 3.8) is 0 Å². The van der Waals surface area contributed by atoms with Gasteiger partial charge < -0.3 is 5.11 Å². The molecular weight excluding hydrogens is 271 g/mol. The van der Waals surface area contributed by atoms with E-state index in [0.717, 1.165) is 10.4 Å². The zero-order valence-electron chi connectivity index (χ0n) is 10.6. The number of benzene rings is 1. The zero-order valence-corrected chi connectivity index (χ0v) is 11.5. The summed E-state index contributed by atoms with van der Waals surface area (Å²) >= 11 is 0. The van der Waals surface area contributed by atoms with E-state index in [1.165, 1.54) is 26.2 Å². The monoisotopic (exact) mass is 286 g/mol. The predicted octanol–water partition coefficient (Wildman–Crippen LogP) is 0.778. The number of aliphatic hydroxyl groups excluding tert-OH is 1. The molecule has 0 unspecified atom stereocenters. The van der Waals surface area contributed by atoms with Gasteiger partial charge in [0, 0.05) is 26.1 Å². The van der Waals surface area contributed by atoms with E-state index in [4.69, 9.17) is 5.11 Å². The van der Waals surface area contributed by atoms with Crippen molar-refractivity contribution < 1.29 is 17.9 Å². The van der Waals surface area contributed by atoms with Crippen LogP contribution in [-0.2, 0) is 10.2 Å². The summed E-state index contributed by atoms with van der Waals surface area (Å²) in [5.74, 6) is 4.61. The summed E-state index contributed by atoms with van der Waals surface area (Å²) in [4.78, 5) is 0. The Morgan fingerprint density at radius 3 is 2.63 bits per heavy atom. The Morgan fingerprint density at radius 1 is 1.42 bits per heavy atom. The van der Waals surface area contributed by atoms with E-state index in [1.54, 1.807) is 0 Å². The first-order valence-electron chi connectivity index (χ1n) is 5.46. The lowest BCUT2D eigenvalue weighted by Crippen LogP contribution is -2.29. The molecule has 19 heavy (non-hydrogen) atoms. The summed E-state index contributed by atoms with van der Waals surface area (Å²) in [6.07, 6.45) is 0.302. The molecule has 0 aromatic heterocycles. The lowest BCUT2D eigenvalue weighted by Gasteiger charge is -2.13. The van der Waals surface area contributed by atoms with Gasteiger partial charge >= 0.3 is 10.2 Å². The number of nitrogens with one attached hydrogen (secondary N) is 1. The van der Waals surface area contributed by atoms with Crippen molar-refractivity contribution in [2.24, 2.45) is 0 Å². The Labute approximate surface area is 112 Å². The van der Waals surface area contributed by atoms with Crippen LogP contribution in [0.5, 0.6) is 0 Å². The van der Waals surface area contributed by atoms with Crippen LogP contribution in [0, 0.1) is 17.7 Å². The molecule has 0 aliphatic heterocycles. The number of halogens is 1. The van der Waals surface area contributed by atoms with Gasteiger partial charge in [0.2, 0.25) is 0 Å². The Morgan fingerprint density at radius 2 is 2.11 bits per heavy atom. The number of hydrogen-bond acceptors (Lipinski definition) is 3. The molecule has 0 heterocycles. The largest absolute Gasteiger partial charge is 0.395 e. The van der Waals surface area contributed by atoms with E-state index >= 15 is 0 Å². The fourth-order valence-corrected chi connectivity index (χ4v) is 1.75. The van der Waals surface area contributed by atoms with Crippen molar-refractivity contribution in [3.8, 4) is 11.8 Å². The highest BCUT2D eigenvalue weighted by Gasteiger charge is 2.15. The lowest BCUT2D eigenvalue weighted by atomic mass is 10.2. The highest BCUT2D eigenvalue weighted by atomic mass is 32.2. The first-order chi connectivity index (χ1) is 8.86. The van der Waals surface area contributed by atoms with Crippen molar-refractivity contribution >= 4 is 15.9 Å². The molecular formula is C12H15FN2O3S. The van der Waals surface area contributed by atoms with Gasteiger partial charge in [0.1, 0.15) is 5.82 Å². The van der Waals surface area contributed by atoms with Crippen LogP contribution in [-0.4, -0.2) is 38.5 Å². The standard InChI is InChI=1S/C12H15FN2O3S/c1-15(2)19(17,18)14-12-7-6-10(9-11(12)13)5-3-4-8-16/h6-7,9,14,16H,4,8H2,1-2H3.